The lowest BCUT2D eigenvalue weighted by molar-refractivity contribution is -0.123. The molecule has 6 nitrogen and oxygen atoms in total. The number of halogens is 1. The first-order valence-corrected chi connectivity index (χ1v) is 9.35. The topological polar surface area (TPSA) is 87.3 Å². The van der Waals surface area contributed by atoms with E-state index in [9.17, 15) is 13.2 Å². The molecule has 24 heavy (non-hydrogen) atoms. The van der Waals surface area contributed by atoms with Crippen LogP contribution in [0.25, 0.3) is 0 Å². The highest BCUT2D eigenvalue weighted by molar-refractivity contribution is 7.89. The fraction of sp³-hybridized carbons (Fsp3) is 0.562. The summed E-state index contributed by atoms with van der Waals surface area (Å²) in [7, 11) is -3.72. The van der Waals surface area contributed by atoms with E-state index in [1.54, 1.807) is 24.3 Å². The van der Waals surface area contributed by atoms with E-state index in [4.69, 9.17) is 0 Å². The molecule has 136 valence electrons. The highest BCUT2D eigenvalue weighted by Crippen LogP contribution is 2.13. The van der Waals surface area contributed by atoms with Crippen molar-refractivity contribution in [2.24, 2.45) is 11.8 Å². The number of rotatable bonds is 7. The summed E-state index contributed by atoms with van der Waals surface area (Å²) < 4.78 is 27.5. The van der Waals surface area contributed by atoms with Crippen LogP contribution >= 0.6 is 12.4 Å². The van der Waals surface area contributed by atoms with E-state index in [1.807, 2.05) is 20.8 Å². The van der Waals surface area contributed by atoms with E-state index in [2.05, 4.69) is 15.4 Å². The molecule has 0 saturated carbocycles. The molecule has 1 heterocycles. The van der Waals surface area contributed by atoms with Crippen molar-refractivity contribution in [3.63, 3.8) is 0 Å². The molecule has 1 atom stereocenters. The Labute approximate surface area is 150 Å². The quantitative estimate of drug-likeness (QED) is 0.665. The molecule has 1 aliphatic rings. The van der Waals surface area contributed by atoms with E-state index >= 15 is 0 Å². The molecule has 3 N–H and O–H groups in total. The molecule has 8 heteroatoms. The van der Waals surface area contributed by atoms with Crippen molar-refractivity contribution in [1.29, 1.82) is 0 Å². The molecule has 0 radical (unpaired) electrons. The van der Waals surface area contributed by atoms with Crippen molar-refractivity contribution >= 4 is 28.3 Å². The first-order chi connectivity index (χ1) is 10.8. The minimum atomic E-state index is -3.72. The standard InChI is InChI=1S/C16H25N3O3S.ClH/c1-11(2)15(16(20)18-10-13-8-17-9-13)19-23(21,22)14-6-4-12(3)5-7-14;/h4-7,11,13,15,17,19H,8-10H2,1-3H3,(H,18,20);1H. The van der Waals surface area contributed by atoms with E-state index in [1.165, 1.54) is 0 Å². The van der Waals surface area contributed by atoms with Crippen molar-refractivity contribution in [3.05, 3.63) is 29.8 Å². The molecule has 0 aliphatic carbocycles. The van der Waals surface area contributed by atoms with Gasteiger partial charge in [0.1, 0.15) is 6.04 Å². The smallest absolute Gasteiger partial charge is 0.241 e. The van der Waals surface area contributed by atoms with Crippen molar-refractivity contribution in [2.45, 2.75) is 31.7 Å². The van der Waals surface area contributed by atoms with Gasteiger partial charge in [0.05, 0.1) is 4.90 Å². The summed E-state index contributed by atoms with van der Waals surface area (Å²) in [4.78, 5) is 12.5. The van der Waals surface area contributed by atoms with Gasteiger partial charge in [0, 0.05) is 25.6 Å². The SMILES string of the molecule is Cc1ccc(S(=O)(=O)NC(C(=O)NCC2CNC2)C(C)C)cc1.Cl. The van der Waals surface area contributed by atoms with Crippen LogP contribution in [0.4, 0.5) is 0 Å². The van der Waals surface area contributed by atoms with Crippen LogP contribution in [0.5, 0.6) is 0 Å². The highest BCUT2D eigenvalue weighted by atomic mass is 35.5. The van der Waals surface area contributed by atoms with E-state index in [0.29, 0.717) is 12.5 Å². The third-order valence-electron chi connectivity index (χ3n) is 3.99. The first-order valence-electron chi connectivity index (χ1n) is 7.87. The van der Waals surface area contributed by atoms with Crippen LogP contribution in [-0.4, -0.2) is 40.0 Å². The van der Waals surface area contributed by atoms with Gasteiger partial charge in [-0.25, -0.2) is 8.42 Å². The molecule has 1 aromatic carbocycles. The maximum atomic E-state index is 12.5. The Morgan fingerprint density at radius 2 is 1.83 bits per heavy atom. The average Bonchev–Trinajstić information content (AvgIpc) is 2.43. The lowest BCUT2D eigenvalue weighted by atomic mass is 10.0. The van der Waals surface area contributed by atoms with Crippen molar-refractivity contribution < 1.29 is 13.2 Å². The second-order valence-electron chi connectivity index (χ2n) is 6.43. The van der Waals surface area contributed by atoms with Gasteiger partial charge in [-0.1, -0.05) is 31.5 Å². The lowest BCUT2D eigenvalue weighted by Crippen LogP contribution is -2.53. The Hall–Kier alpha value is -1.15. The monoisotopic (exact) mass is 375 g/mol. The van der Waals surface area contributed by atoms with Crippen molar-refractivity contribution in [1.82, 2.24) is 15.4 Å². The van der Waals surface area contributed by atoms with Crippen LogP contribution in [0.1, 0.15) is 19.4 Å². The number of sulfonamides is 1. The number of carbonyl (C=O) groups excluding carboxylic acids is 1. The first kappa shape index (κ1) is 20.9. The number of hydrogen-bond donors (Lipinski definition) is 3. The average molecular weight is 376 g/mol. The van der Waals surface area contributed by atoms with Crippen molar-refractivity contribution in [3.8, 4) is 0 Å². The molecule has 1 aliphatic heterocycles. The van der Waals surface area contributed by atoms with Crippen LogP contribution < -0.4 is 15.4 Å². The molecule has 1 aromatic rings. The summed E-state index contributed by atoms with van der Waals surface area (Å²) in [5.41, 5.74) is 0.983. The summed E-state index contributed by atoms with van der Waals surface area (Å²) in [6.45, 7) is 7.90. The van der Waals surface area contributed by atoms with E-state index in [0.717, 1.165) is 18.7 Å². The fourth-order valence-electron chi connectivity index (χ4n) is 2.29. The maximum Gasteiger partial charge on any atom is 0.241 e. The Morgan fingerprint density at radius 1 is 1.25 bits per heavy atom. The second kappa shape index (κ2) is 8.80. The zero-order chi connectivity index (χ0) is 17.0. The third kappa shape index (κ3) is 5.44. The van der Waals surface area contributed by atoms with E-state index in [-0.39, 0.29) is 29.1 Å². The number of carbonyl (C=O) groups is 1. The summed E-state index contributed by atoms with van der Waals surface area (Å²) in [5, 5.41) is 5.98. The zero-order valence-corrected chi connectivity index (χ0v) is 15.8. The van der Waals surface area contributed by atoms with Gasteiger partial charge in [0.25, 0.3) is 0 Å². The molecule has 0 bridgehead atoms. The summed E-state index contributed by atoms with van der Waals surface area (Å²) in [6.07, 6.45) is 0. The molecular weight excluding hydrogens is 350 g/mol. The minimum absolute atomic E-state index is 0. The third-order valence-corrected chi connectivity index (χ3v) is 5.45. The molecule has 0 spiro atoms. The Balaban J connectivity index is 0.00000288. The summed E-state index contributed by atoms with van der Waals surface area (Å²) >= 11 is 0. The van der Waals surface area contributed by atoms with Gasteiger partial charge in [-0.05, 0) is 25.0 Å². The highest BCUT2D eigenvalue weighted by Gasteiger charge is 2.29. The molecule has 1 unspecified atom stereocenters. The van der Waals surface area contributed by atoms with Gasteiger partial charge in [-0.15, -0.1) is 12.4 Å². The Morgan fingerprint density at radius 3 is 2.29 bits per heavy atom. The minimum Gasteiger partial charge on any atom is -0.354 e. The molecule has 2 rings (SSSR count). The van der Waals surface area contributed by atoms with Crippen LogP contribution in [0, 0.1) is 18.8 Å². The van der Waals surface area contributed by atoms with Gasteiger partial charge in [0.2, 0.25) is 15.9 Å². The summed E-state index contributed by atoms with van der Waals surface area (Å²) in [5.74, 6) is 0.0118. The van der Waals surface area contributed by atoms with Crippen molar-refractivity contribution in [2.75, 3.05) is 19.6 Å². The predicted octanol–water partition coefficient (Wildman–Crippen LogP) is 1.06. The second-order valence-corrected chi connectivity index (χ2v) is 8.14. The number of benzene rings is 1. The number of amides is 1. The molecular formula is C16H26ClN3O3S. The number of hydrogen-bond acceptors (Lipinski definition) is 4. The predicted molar refractivity (Wildman–Crippen MR) is 96.7 cm³/mol. The Bertz CT molecular complexity index is 643. The van der Waals surface area contributed by atoms with E-state index < -0.39 is 16.1 Å². The fourth-order valence-corrected chi connectivity index (χ4v) is 3.64. The van der Waals surface area contributed by atoms with Gasteiger partial charge in [-0.2, -0.15) is 4.72 Å². The lowest BCUT2D eigenvalue weighted by Gasteiger charge is -2.28. The number of aryl methyl sites for hydroxylation is 1. The van der Waals surface area contributed by atoms with Gasteiger partial charge >= 0.3 is 0 Å². The van der Waals surface area contributed by atoms with Gasteiger partial charge in [-0.3, -0.25) is 4.79 Å². The van der Waals surface area contributed by atoms with Gasteiger partial charge in [0.15, 0.2) is 0 Å². The van der Waals surface area contributed by atoms with Gasteiger partial charge < -0.3 is 10.6 Å². The largest absolute Gasteiger partial charge is 0.354 e. The molecule has 1 fully saturated rings. The normalized spacial score (nSPS) is 16.2. The Kier molecular flexibility index (Phi) is 7.66. The van der Waals surface area contributed by atoms with Crippen LogP contribution in [0.3, 0.4) is 0 Å². The zero-order valence-electron chi connectivity index (χ0n) is 14.2. The van der Waals surface area contributed by atoms with Crippen LogP contribution in [0.15, 0.2) is 29.2 Å². The maximum absolute atomic E-state index is 12.5. The number of nitrogens with one attached hydrogen (secondary N) is 3. The van der Waals surface area contributed by atoms with Crippen LogP contribution in [-0.2, 0) is 14.8 Å². The molecule has 1 amide bonds. The molecule has 0 aromatic heterocycles. The summed E-state index contributed by atoms with van der Waals surface area (Å²) in [6, 6.07) is 5.79. The van der Waals surface area contributed by atoms with Crippen LogP contribution in [0.2, 0.25) is 0 Å². The molecule has 1 saturated heterocycles.